The summed E-state index contributed by atoms with van der Waals surface area (Å²) < 4.78 is 0. The van der Waals surface area contributed by atoms with Crippen molar-refractivity contribution in [2.75, 3.05) is 0 Å². The van der Waals surface area contributed by atoms with Crippen molar-refractivity contribution in [3.63, 3.8) is 0 Å². The number of nitrogens with zero attached hydrogens (tertiary/aromatic N) is 4. The standard InChI is InChI=1S/C5H12N6/c1-4(7-6)3-5-8-10-11(2)9-5/h4,7H,3,6H2,1-2H3. The normalized spacial score (nSPS) is 13.4. The van der Waals surface area contributed by atoms with Gasteiger partial charge in [-0.25, -0.2) is 0 Å². The first kappa shape index (κ1) is 8.09. The molecule has 1 rings (SSSR count). The van der Waals surface area contributed by atoms with Crippen LogP contribution in [0.2, 0.25) is 0 Å². The third-order valence-electron chi connectivity index (χ3n) is 1.32. The lowest BCUT2D eigenvalue weighted by Gasteiger charge is -2.04. The van der Waals surface area contributed by atoms with E-state index in [1.807, 2.05) is 6.92 Å². The Labute approximate surface area is 64.7 Å². The molecule has 0 amide bonds. The molecule has 0 bridgehead atoms. The minimum atomic E-state index is 0.180. The summed E-state index contributed by atoms with van der Waals surface area (Å²) in [5, 5.41) is 11.5. The number of hydrogen-bond acceptors (Lipinski definition) is 5. The zero-order valence-corrected chi connectivity index (χ0v) is 6.65. The average molecular weight is 156 g/mol. The lowest BCUT2D eigenvalue weighted by atomic mass is 10.2. The molecule has 1 aromatic rings. The maximum atomic E-state index is 5.19. The topological polar surface area (TPSA) is 81.7 Å². The van der Waals surface area contributed by atoms with Crippen LogP contribution in [0.1, 0.15) is 12.7 Å². The average Bonchev–Trinajstić information content (AvgIpc) is 2.35. The SMILES string of the molecule is CC(Cc1nnn(C)n1)NN. The van der Waals surface area contributed by atoms with Gasteiger partial charge in [-0.3, -0.25) is 11.3 Å². The highest BCUT2D eigenvalue weighted by Gasteiger charge is 2.04. The quantitative estimate of drug-likeness (QED) is 0.415. The molecule has 11 heavy (non-hydrogen) atoms. The van der Waals surface area contributed by atoms with Crippen molar-refractivity contribution >= 4 is 0 Å². The van der Waals surface area contributed by atoms with Crippen molar-refractivity contribution in [1.82, 2.24) is 25.6 Å². The van der Waals surface area contributed by atoms with Crippen molar-refractivity contribution in [3.05, 3.63) is 5.82 Å². The lowest BCUT2D eigenvalue weighted by molar-refractivity contribution is 0.551. The van der Waals surface area contributed by atoms with Crippen LogP contribution in [-0.2, 0) is 13.5 Å². The smallest absolute Gasteiger partial charge is 0.176 e. The van der Waals surface area contributed by atoms with Gasteiger partial charge in [0.2, 0.25) is 0 Å². The second-order valence-electron chi connectivity index (χ2n) is 2.47. The van der Waals surface area contributed by atoms with Gasteiger partial charge in [0, 0.05) is 12.5 Å². The number of aromatic nitrogens is 4. The predicted molar refractivity (Wildman–Crippen MR) is 39.3 cm³/mol. The highest BCUT2D eigenvalue weighted by atomic mass is 15.6. The van der Waals surface area contributed by atoms with Gasteiger partial charge in [-0.15, -0.1) is 10.2 Å². The second kappa shape index (κ2) is 3.40. The molecule has 0 radical (unpaired) electrons. The van der Waals surface area contributed by atoms with E-state index in [1.54, 1.807) is 7.05 Å². The third kappa shape index (κ3) is 2.24. The van der Waals surface area contributed by atoms with Crippen molar-refractivity contribution in [2.45, 2.75) is 19.4 Å². The van der Waals surface area contributed by atoms with Gasteiger partial charge in [-0.05, 0) is 12.1 Å². The van der Waals surface area contributed by atoms with Gasteiger partial charge >= 0.3 is 0 Å². The van der Waals surface area contributed by atoms with E-state index in [-0.39, 0.29) is 6.04 Å². The minimum absolute atomic E-state index is 0.180. The Morgan fingerprint density at radius 1 is 1.73 bits per heavy atom. The summed E-state index contributed by atoms with van der Waals surface area (Å²) in [5.74, 6) is 5.90. The molecule has 1 atom stereocenters. The van der Waals surface area contributed by atoms with E-state index in [2.05, 4.69) is 20.8 Å². The Balaban J connectivity index is 2.50. The third-order valence-corrected chi connectivity index (χ3v) is 1.32. The molecule has 0 saturated carbocycles. The predicted octanol–water partition coefficient (Wildman–Crippen LogP) is -1.40. The van der Waals surface area contributed by atoms with Crippen LogP contribution in [0.15, 0.2) is 0 Å². The molecule has 6 heteroatoms. The van der Waals surface area contributed by atoms with Crippen molar-refractivity contribution < 1.29 is 0 Å². The van der Waals surface area contributed by atoms with Crippen molar-refractivity contribution in [2.24, 2.45) is 12.9 Å². The summed E-state index contributed by atoms with van der Waals surface area (Å²) in [6, 6.07) is 0.180. The van der Waals surface area contributed by atoms with Crippen LogP contribution < -0.4 is 11.3 Å². The summed E-state index contributed by atoms with van der Waals surface area (Å²) in [6.45, 7) is 1.95. The minimum Gasteiger partial charge on any atom is -0.271 e. The van der Waals surface area contributed by atoms with Crippen molar-refractivity contribution in [1.29, 1.82) is 0 Å². The van der Waals surface area contributed by atoms with Gasteiger partial charge in [0.1, 0.15) is 0 Å². The largest absolute Gasteiger partial charge is 0.271 e. The van der Waals surface area contributed by atoms with E-state index in [1.165, 1.54) is 4.80 Å². The first-order chi connectivity index (χ1) is 5.22. The van der Waals surface area contributed by atoms with Gasteiger partial charge in [0.25, 0.3) is 0 Å². The molecule has 3 N–H and O–H groups in total. The number of nitrogens with one attached hydrogen (secondary N) is 1. The van der Waals surface area contributed by atoms with Gasteiger partial charge < -0.3 is 0 Å². The molecular formula is C5H12N6. The molecule has 1 heterocycles. The fourth-order valence-electron chi connectivity index (χ4n) is 0.738. The molecule has 1 unspecified atom stereocenters. The fraction of sp³-hybridized carbons (Fsp3) is 0.800. The fourth-order valence-corrected chi connectivity index (χ4v) is 0.738. The molecule has 0 spiro atoms. The van der Waals surface area contributed by atoms with Gasteiger partial charge in [-0.1, -0.05) is 0 Å². The maximum Gasteiger partial charge on any atom is 0.176 e. The Bertz CT molecular complexity index is 219. The Kier molecular flexibility index (Phi) is 2.50. The molecule has 0 saturated heterocycles. The summed E-state index contributed by atoms with van der Waals surface area (Å²) in [6.07, 6.45) is 0.699. The zero-order valence-electron chi connectivity index (χ0n) is 6.65. The lowest BCUT2D eigenvalue weighted by Crippen LogP contribution is -2.34. The van der Waals surface area contributed by atoms with E-state index in [9.17, 15) is 0 Å². The summed E-state index contributed by atoms with van der Waals surface area (Å²) in [7, 11) is 1.73. The molecule has 0 fully saturated rings. The Morgan fingerprint density at radius 3 is 2.91 bits per heavy atom. The number of tetrazole rings is 1. The first-order valence-corrected chi connectivity index (χ1v) is 3.41. The van der Waals surface area contributed by atoms with E-state index >= 15 is 0 Å². The Hall–Kier alpha value is -1.01. The molecule has 62 valence electrons. The maximum absolute atomic E-state index is 5.19. The summed E-state index contributed by atoms with van der Waals surface area (Å²) in [5.41, 5.74) is 2.61. The zero-order chi connectivity index (χ0) is 8.27. The molecule has 1 aromatic heterocycles. The van der Waals surface area contributed by atoms with Crippen LogP contribution in [0.4, 0.5) is 0 Å². The number of hydrazine groups is 1. The van der Waals surface area contributed by atoms with Crippen LogP contribution in [0, 0.1) is 0 Å². The molecule has 0 aliphatic rings. The first-order valence-electron chi connectivity index (χ1n) is 3.41. The van der Waals surface area contributed by atoms with E-state index in [0.29, 0.717) is 12.2 Å². The van der Waals surface area contributed by atoms with Crippen LogP contribution in [-0.4, -0.2) is 26.2 Å². The van der Waals surface area contributed by atoms with Gasteiger partial charge in [0.05, 0.1) is 7.05 Å². The summed E-state index contributed by atoms with van der Waals surface area (Å²) >= 11 is 0. The molecule has 0 aromatic carbocycles. The summed E-state index contributed by atoms with van der Waals surface area (Å²) in [4.78, 5) is 1.43. The van der Waals surface area contributed by atoms with E-state index in [4.69, 9.17) is 5.84 Å². The highest BCUT2D eigenvalue weighted by Crippen LogP contribution is 1.91. The number of hydrogen-bond donors (Lipinski definition) is 2. The van der Waals surface area contributed by atoms with Crippen LogP contribution in [0.5, 0.6) is 0 Å². The van der Waals surface area contributed by atoms with Crippen LogP contribution >= 0.6 is 0 Å². The Morgan fingerprint density at radius 2 is 2.45 bits per heavy atom. The van der Waals surface area contributed by atoms with E-state index < -0.39 is 0 Å². The van der Waals surface area contributed by atoms with Gasteiger partial charge in [0.15, 0.2) is 5.82 Å². The molecule has 6 nitrogen and oxygen atoms in total. The van der Waals surface area contributed by atoms with Crippen molar-refractivity contribution in [3.8, 4) is 0 Å². The van der Waals surface area contributed by atoms with Crippen LogP contribution in [0.25, 0.3) is 0 Å². The van der Waals surface area contributed by atoms with Gasteiger partial charge in [-0.2, -0.15) is 4.80 Å². The monoisotopic (exact) mass is 156 g/mol. The molecular weight excluding hydrogens is 144 g/mol. The number of nitrogens with two attached hydrogens (primary N) is 1. The van der Waals surface area contributed by atoms with E-state index in [0.717, 1.165) is 0 Å². The highest BCUT2D eigenvalue weighted by molar-refractivity contribution is 4.81. The molecule has 0 aliphatic heterocycles. The number of rotatable bonds is 3. The molecule has 0 aliphatic carbocycles. The number of aryl methyl sites for hydroxylation is 1. The van der Waals surface area contributed by atoms with Crippen LogP contribution in [0.3, 0.4) is 0 Å². The second-order valence-corrected chi connectivity index (χ2v) is 2.47.